The number of hydrogen-bond acceptors (Lipinski definition) is 3. The van der Waals surface area contributed by atoms with Gasteiger partial charge in [0.1, 0.15) is 0 Å². The van der Waals surface area contributed by atoms with Crippen LogP contribution in [0.5, 0.6) is 0 Å². The van der Waals surface area contributed by atoms with E-state index in [0.717, 1.165) is 0 Å². The van der Waals surface area contributed by atoms with Gasteiger partial charge in [-0.15, -0.1) is 0 Å². The summed E-state index contributed by atoms with van der Waals surface area (Å²) in [5.74, 6) is 0. The second-order valence-electron chi connectivity index (χ2n) is 0.224. The van der Waals surface area contributed by atoms with Crippen molar-refractivity contribution in [2.75, 3.05) is 0 Å². The van der Waals surface area contributed by atoms with Crippen LogP contribution in [0.3, 0.4) is 0 Å². The summed E-state index contributed by atoms with van der Waals surface area (Å²) in [5.41, 5.74) is 0. The van der Waals surface area contributed by atoms with E-state index < -0.39 is 8.60 Å². The van der Waals surface area contributed by atoms with E-state index in [2.05, 4.69) is 0 Å². The van der Waals surface area contributed by atoms with E-state index >= 15 is 0 Å². The Labute approximate surface area is 42.6 Å². The van der Waals surface area contributed by atoms with E-state index in [4.69, 9.17) is 14.7 Å². The van der Waals surface area contributed by atoms with Crippen molar-refractivity contribution in [2.45, 2.75) is 0 Å². The molecule has 0 aliphatic carbocycles. The third kappa shape index (κ3) is 56.2. The van der Waals surface area contributed by atoms with Gasteiger partial charge in [0.2, 0.25) is 0 Å². The predicted octanol–water partition coefficient (Wildman–Crippen LogP) is -2.60. The molecule has 1 radical (unpaired) electrons. The van der Waals surface area contributed by atoms with Crippen LogP contribution >= 0.6 is 8.60 Å². The van der Waals surface area contributed by atoms with Crippen molar-refractivity contribution in [1.29, 1.82) is 0 Å². The fraction of sp³-hybridized carbons (Fsp3) is 0. The molecule has 0 rings (SSSR count). The van der Waals surface area contributed by atoms with E-state index in [1.807, 2.05) is 0 Å². The smallest absolute Gasteiger partial charge is 0.854 e. The van der Waals surface area contributed by atoms with E-state index in [1.54, 1.807) is 0 Å². The Kier molecular flexibility index (Phi) is 8.96. The van der Waals surface area contributed by atoms with E-state index in [0.29, 0.717) is 0 Å². The normalized spacial score (nSPS) is 7.20. The molecule has 0 amide bonds. The molecule has 0 atom stereocenters. The molecule has 0 aromatic heterocycles. The van der Waals surface area contributed by atoms with Crippen molar-refractivity contribution in [2.24, 2.45) is 0 Å². The van der Waals surface area contributed by atoms with Crippen LogP contribution in [0.15, 0.2) is 0 Å². The Morgan fingerprint density at radius 3 is 1.20 bits per heavy atom. The molecule has 0 aromatic rings. The summed E-state index contributed by atoms with van der Waals surface area (Å²) in [5, 5.41) is 0. The summed E-state index contributed by atoms with van der Waals surface area (Å²) in [6, 6.07) is 0. The molecular weight excluding hydrogens is 134 g/mol. The summed E-state index contributed by atoms with van der Waals surface area (Å²) in [6.45, 7) is 0. The van der Waals surface area contributed by atoms with Gasteiger partial charge in [0.25, 0.3) is 0 Å². The van der Waals surface area contributed by atoms with E-state index in [9.17, 15) is 0 Å². The predicted molar refractivity (Wildman–Crippen MR) is 8.03 cm³/mol. The van der Waals surface area contributed by atoms with Gasteiger partial charge in [-0.05, 0) is 0 Å². The van der Waals surface area contributed by atoms with Crippen LogP contribution in [0.2, 0.25) is 0 Å². The molecule has 0 saturated carbocycles. The molecular formula is HMnO3P. The van der Waals surface area contributed by atoms with E-state index in [1.165, 1.54) is 0 Å². The standard InChI is InChI=1S/Mn.O3P/c;1-4(2)3/q+2;-3/p+1. The van der Waals surface area contributed by atoms with Gasteiger partial charge in [-0.3, -0.25) is 0 Å². The number of hydrogen-bond donors (Lipinski definition) is 0. The minimum Gasteiger partial charge on any atom is -0.854 e. The summed E-state index contributed by atoms with van der Waals surface area (Å²) < 4.78 is 0. The van der Waals surface area contributed by atoms with Crippen LogP contribution in [-0.2, 0) is 17.1 Å². The summed E-state index contributed by atoms with van der Waals surface area (Å²) in [4.78, 5) is 25.4. The van der Waals surface area contributed by atoms with Gasteiger partial charge in [0.15, 0.2) is 0 Å². The fourth-order valence-corrected chi connectivity index (χ4v) is 0. The zero-order chi connectivity index (χ0) is 3.58. The van der Waals surface area contributed by atoms with Crippen molar-refractivity contribution < 1.29 is 33.2 Å². The molecule has 0 N–H and O–H groups in total. The Morgan fingerprint density at radius 1 is 1.20 bits per heavy atom. The minimum absolute atomic E-state index is 0. The SMILES string of the molecule is [H+].[Mn+2].[O-]P([O-])[O-]. The van der Waals surface area contributed by atoms with Gasteiger partial charge in [-0.25, -0.2) is 0 Å². The summed E-state index contributed by atoms with van der Waals surface area (Å²) >= 11 is 0. The molecule has 5 heteroatoms. The van der Waals surface area contributed by atoms with E-state index in [-0.39, 0.29) is 18.5 Å². The second-order valence-corrected chi connectivity index (χ2v) is 0.671. The van der Waals surface area contributed by atoms with Crippen molar-refractivity contribution >= 4 is 8.60 Å². The van der Waals surface area contributed by atoms with Gasteiger partial charge >= 0.3 is 18.5 Å². The van der Waals surface area contributed by atoms with Crippen molar-refractivity contribution in [3.63, 3.8) is 0 Å². The largest absolute Gasteiger partial charge is 2.00 e. The molecule has 31 valence electrons. The average molecular weight is 135 g/mol. The summed E-state index contributed by atoms with van der Waals surface area (Å²) in [7, 11) is -3.37. The van der Waals surface area contributed by atoms with Crippen LogP contribution in [0.25, 0.3) is 0 Å². The Hall–Kier alpha value is 0.829. The topological polar surface area (TPSA) is 69.2 Å². The molecule has 0 spiro atoms. The van der Waals surface area contributed by atoms with Crippen molar-refractivity contribution in [3.8, 4) is 0 Å². The van der Waals surface area contributed by atoms with Gasteiger partial charge in [0.05, 0.1) is 0 Å². The van der Waals surface area contributed by atoms with Crippen LogP contribution in [0.1, 0.15) is 1.43 Å². The molecule has 0 heterocycles. The first-order valence-corrected chi connectivity index (χ1v) is 1.64. The average Bonchev–Trinajstić information content (AvgIpc) is 0.811. The molecule has 0 saturated heterocycles. The van der Waals surface area contributed by atoms with Crippen LogP contribution < -0.4 is 14.7 Å². The maximum absolute atomic E-state index is 8.48. The quantitative estimate of drug-likeness (QED) is 0.270. The maximum Gasteiger partial charge on any atom is 2.00 e. The molecule has 5 heavy (non-hydrogen) atoms. The third-order valence-corrected chi connectivity index (χ3v) is 0. The van der Waals surface area contributed by atoms with Gasteiger partial charge < -0.3 is 23.3 Å². The zero-order valence-corrected chi connectivity index (χ0v) is 4.12. The Balaban J connectivity index is -0.0000000450. The maximum atomic E-state index is 8.48. The molecule has 0 aliphatic heterocycles. The van der Waals surface area contributed by atoms with Crippen LogP contribution in [0.4, 0.5) is 0 Å². The van der Waals surface area contributed by atoms with Crippen LogP contribution in [0, 0.1) is 0 Å². The molecule has 0 bridgehead atoms. The zero-order valence-electron chi connectivity index (χ0n) is 3.05. The molecule has 0 aromatic carbocycles. The molecule has 3 nitrogen and oxygen atoms in total. The summed E-state index contributed by atoms with van der Waals surface area (Å²) in [6.07, 6.45) is 0. The van der Waals surface area contributed by atoms with Crippen molar-refractivity contribution in [1.82, 2.24) is 0 Å². The third-order valence-electron chi connectivity index (χ3n) is 0. The molecule has 0 fully saturated rings. The van der Waals surface area contributed by atoms with Crippen molar-refractivity contribution in [3.05, 3.63) is 0 Å². The first-order chi connectivity index (χ1) is 1.73. The van der Waals surface area contributed by atoms with Gasteiger partial charge in [0, 0.05) is 0 Å². The Bertz CT molecular complexity index is 15.5. The van der Waals surface area contributed by atoms with Gasteiger partial charge in [-0.2, -0.15) is 0 Å². The second kappa shape index (κ2) is 4.83. The Morgan fingerprint density at radius 2 is 1.20 bits per heavy atom. The molecule has 0 unspecified atom stereocenters. The fourth-order valence-electron chi connectivity index (χ4n) is 0. The first kappa shape index (κ1) is 9.27. The first-order valence-electron chi connectivity index (χ1n) is 0.548. The monoisotopic (exact) mass is 135 g/mol. The van der Waals surface area contributed by atoms with Gasteiger partial charge in [-0.1, -0.05) is 0 Å². The van der Waals surface area contributed by atoms with Crippen LogP contribution in [-0.4, -0.2) is 0 Å². The molecule has 0 aliphatic rings. The number of rotatable bonds is 0. The minimum atomic E-state index is -3.37.